The monoisotopic (exact) mass is 183 g/mol. The van der Waals surface area contributed by atoms with E-state index in [2.05, 4.69) is 6.58 Å². The second-order valence-corrected chi connectivity index (χ2v) is 2.50. The molecule has 0 aliphatic heterocycles. The average molecular weight is 183 g/mol. The Balaban J connectivity index is 3.15. The number of carbonyl (C=O) groups excluding carboxylic acids is 1. The molecule has 0 aromatic heterocycles. The molecule has 0 unspecified atom stereocenters. The summed E-state index contributed by atoms with van der Waals surface area (Å²) in [6.07, 6.45) is 0. The second kappa shape index (κ2) is 3.35. The van der Waals surface area contributed by atoms with Gasteiger partial charge in [-0.05, 0) is 17.7 Å². The largest absolute Gasteiger partial charge is 0.366 e. The number of amides is 1. The summed E-state index contributed by atoms with van der Waals surface area (Å²) in [7, 11) is 0. The van der Waals surface area contributed by atoms with Crippen LogP contribution in [0, 0.1) is 11.6 Å². The predicted molar refractivity (Wildman–Crippen MR) is 44.6 cm³/mol. The van der Waals surface area contributed by atoms with E-state index in [-0.39, 0.29) is 11.1 Å². The highest BCUT2D eigenvalue weighted by Gasteiger charge is 2.07. The average Bonchev–Trinajstić information content (AvgIpc) is 2.01. The molecule has 1 aromatic carbocycles. The lowest BCUT2D eigenvalue weighted by atomic mass is 10.1. The Bertz CT molecular complexity index is 354. The molecule has 0 aliphatic carbocycles. The van der Waals surface area contributed by atoms with Crippen molar-refractivity contribution in [1.82, 2.24) is 0 Å². The highest BCUT2D eigenvalue weighted by molar-refractivity contribution is 6.17. The molecule has 13 heavy (non-hydrogen) atoms. The summed E-state index contributed by atoms with van der Waals surface area (Å²) >= 11 is 0. The van der Waals surface area contributed by atoms with Gasteiger partial charge in [0.25, 0.3) is 0 Å². The van der Waals surface area contributed by atoms with Crippen molar-refractivity contribution in [3.8, 4) is 0 Å². The van der Waals surface area contributed by atoms with Gasteiger partial charge in [-0.3, -0.25) is 4.79 Å². The minimum absolute atomic E-state index is 0.0602. The quantitative estimate of drug-likeness (QED) is 0.693. The van der Waals surface area contributed by atoms with Crippen LogP contribution in [0.1, 0.15) is 5.56 Å². The molecule has 0 saturated heterocycles. The van der Waals surface area contributed by atoms with E-state index in [4.69, 9.17) is 5.73 Å². The van der Waals surface area contributed by atoms with E-state index in [1.807, 2.05) is 0 Å². The Morgan fingerprint density at radius 2 is 1.69 bits per heavy atom. The number of nitrogens with two attached hydrogens (primary N) is 1. The second-order valence-electron chi connectivity index (χ2n) is 2.50. The molecule has 1 amide bonds. The van der Waals surface area contributed by atoms with Gasteiger partial charge < -0.3 is 5.73 Å². The van der Waals surface area contributed by atoms with Gasteiger partial charge in [0.1, 0.15) is 11.6 Å². The van der Waals surface area contributed by atoms with Gasteiger partial charge in [-0.25, -0.2) is 8.78 Å². The number of halogens is 2. The first-order valence-electron chi connectivity index (χ1n) is 3.46. The lowest BCUT2D eigenvalue weighted by molar-refractivity contribution is -0.112. The van der Waals surface area contributed by atoms with Crippen LogP contribution < -0.4 is 5.73 Å². The zero-order chi connectivity index (χ0) is 10.0. The van der Waals surface area contributed by atoms with Gasteiger partial charge in [0, 0.05) is 11.6 Å². The molecular formula is C9H7F2NO. The van der Waals surface area contributed by atoms with E-state index in [0.29, 0.717) is 6.07 Å². The molecule has 0 spiro atoms. The van der Waals surface area contributed by atoms with Crippen LogP contribution in [0.25, 0.3) is 5.57 Å². The van der Waals surface area contributed by atoms with Crippen LogP contribution in [0.2, 0.25) is 0 Å². The van der Waals surface area contributed by atoms with E-state index in [0.717, 1.165) is 12.1 Å². The molecule has 0 heterocycles. The van der Waals surface area contributed by atoms with Crippen LogP contribution in [-0.4, -0.2) is 5.91 Å². The van der Waals surface area contributed by atoms with Crippen LogP contribution >= 0.6 is 0 Å². The lowest BCUT2D eigenvalue weighted by Crippen LogP contribution is -2.12. The van der Waals surface area contributed by atoms with Crippen LogP contribution in [0.15, 0.2) is 24.8 Å². The summed E-state index contributed by atoms with van der Waals surface area (Å²) in [5.41, 5.74) is 4.83. The molecule has 0 bridgehead atoms. The number of benzene rings is 1. The topological polar surface area (TPSA) is 43.1 Å². The Morgan fingerprint density at radius 1 is 1.23 bits per heavy atom. The predicted octanol–water partition coefficient (Wildman–Crippen LogP) is 1.46. The molecule has 1 aromatic rings. The number of hydrogen-bond donors (Lipinski definition) is 1. The van der Waals surface area contributed by atoms with E-state index < -0.39 is 17.5 Å². The highest BCUT2D eigenvalue weighted by Crippen LogP contribution is 2.15. The summed E-state index contributed by atoms with van der Waals surface area (Å²) < 4.78 is 25.2. The Morgan fingerprint density at radius 3 is 2.08 bits per heavy atom. The molecule has 4 heteroatoms. The van der Waals surface area contributed by atoms with Gasteiger partial charge in [0.2, 0.25) is 5.91 Å². The van der Waals surface area contributed by atoms with Crippen molar-refractivity contribution >= 4 is 11.5 Å². The molecule has 2 N–H and O–H groups in total. The Hall–Kier alpha value is -1.71. The number of carbonyl (C=O) groups is 1. The molecule has 0 atom stereocenters. The van der Waals surface area contributed by atoms with Crippen LogP contribution in [0.5, 0.6) is 0 Å². The molecule has 0 radical (unpaired) electrons. The first-order chi connectivity index (χ1) is 6.00. The van der Waals surface area contributed by atoms with E-state index in [1.54, 1.807) is 0 Å². The summed E-state index contributed by atoms with van der Waals surface area (Å²) in [6, 6.07) is 2.70. The summed E-state index contributed by atoms with van der Waals surface area (Å²) in [5, 5.41) is 0. The fourth-order valence-electron chi connectivity index (χ4n) is 0.870. The fraction of sp³-hybridized carbons (Fsp3) is 0. The maximum absolute atomic E-state index is 12.6. The number of rotatable bonds is 2. The van der Waals surface area contributed by atoms with Gasteiger partial charge in [-0.2, -0.15) is 0 Å². The van der Waals surface area contributed by atoms with Crippen LogP contribution in [-0.2, 0) is 4.79 Å². The summed E-state index contributed by atoms with van der Waals surface area (Å²) in [4.78, 5) is 10.6. The molecule has 68 valence electrons. The van der Waals surface area contributed by atoms with Crippen LogP contribution in [0.3, 0.4) is 0 Å². The van der Waals surface area contributed by atoms with E-state index >= 15 is 0 Å². The molecule has 1 rings (SSSR count). The maximum atomic E-state index is 12.6. The third-order valence-electron chi connectivity index (χ3n) is 1.51. The SMILES string of the molecule is C=C(C(N)=O)c1cc(F)cc(F)c1. The zero-order valence-corrected chi connectivity index (χ0v) is 6.68. The first-order valence-corrected chi connectivity index (χ1v) is 3.46. The van der Waals surface area contributed by atoms with E-state index in [1.165, 1.54) is 0 Å². The van der Waals surface area contributed by atoms with Gasteiger partial charge in [0.05, 0.1) is 0 Å². The number of primary amides is 1. The van der Waals surface area contributed by atoms with Crippen LogP contribution in [0.4, 0.5) is 8.78 Å². The summed E-state index contributed by atoms with van der Waals surface area (Å²) in [6.45, 7) is 3.30. The molecule has 0 saturated carbocycles. The van der Waals surface area contributed by atoms with Crippen molar-refractivity contribution in [2.24, 2.45) is 5.73 Å². The standard InChI is InChI=1S/C9H7F2NO/c1-5(9(12)13)6-2-7(10)4-8(11)3-6/h2-4H,1H2,(H2,12,13). The highest BCUT2D eigenvalue weighted by atomic mass is 19.1. The summed E-state index contributed by atoms with van der Waals surface area (Å²) in [5.74, 6) is -2.33. The van der Waals surface area contributed by atoms with Gasteiger partial charge >= 0.3 is 0 Å². The minimum atomic E-state index is -0.801. The Kier molecular flexibility index (Phi) is 2.41. The molecular weight excluding hydrogens is 176 g/mol. The van der Waals surface area contributed by atoms with E-state index in [9.17, 15) is 13.6 Å². The lowest BCUT2D eigenvalue weighted by Gasteiger charge is -2.01. The maximum Gasteiger partial charge on any atom is 0.248 e. The first kappa shape index (κ1) is 9.38. The van der Waals surface area contributed by atoms with Crippen molar-refractivity contribution in [1.29, 1.82) is 0 Å². The third kappa shape index (κ3) is 2.11. The zero-order valence-electron chi connectivity index (χ0n) is 6.68. The van der Waals surface area contributed by atoms with Gasteiger partial charge in [0.15, 0.2) is 0 Å². The fourth-order valence-corrected chi connectivity index (χ4v) is 0.870. The van der Waals surface area contributed by atoms with Gasteiger partial charge in [-0.1, -0.05) is 6.58 Å². The van der Waals surface area contributed by atoms with Crippen molar-refractivity contribution < 1.29 is 13.6 Å². The smallest absolute Gasteiger partial charge is 0.248 e. The molecule has 0 aliphatic rings. The Labute approximate surface area is 73.7 Å². The third-order valence-corrected chi connectivity index (χ3v) is 1.51. The molecule has 2 nitrogen and oxygen atoms in total. The van der Waals surface area contributed by atoms with Crippen molar-refractivity contribution in [2.75, 3.05) is 0 Å². The van der Waals surface area contributed by atoms with Crippen molar-refractivity contribution in [3.63, 3.8) is 0 Å². The minimum Gasteiger partial charge on any atom is -0.366 e. The number of hydrogen-bond acceptors (Lipinski definition) is 1. The molecule has 0 fully saturated rings. The normalized spacial score (nSPS) is 9.69. The van der Waals surface area contributed by atoms with Gasteiger partial charge in [-0.15, -0.1) is 0 Å². The van der Waals surface area contributed by atoms with Crippen molar-refractivity contribution in [3.05, 3.63) is 42.0 Å². The van der Waals surface area contributed by atoms with Crippen molar-refractivity contribution in [2.45, 2.75) is 0 Å².